The lowest BCUT2D eigenvalue weighted by Gasteiger charge is -2.15. The third-order valence-corrected chi connectivity index (χ3v) is 5.64. The van der Waals surface area contributed by atoms with Crippen molar-refractivity contribution in [3.8, 4) is 11.5 Å². The van der Waals surface area contributed by atoms with Crippen LogP contribution in [0.4, 0.5) is 0 Å². The Morgan fingerprint density at radius 3 is 2.42 bits per heavy atom. The molecule has 3 aromatic carbocycles. The van der Waals surface area contributed by atoms with Crippen molar-refractivity contribution in [2.75, 3.05) is 13.2 Å². The van der Waals surface area contributed by atoms with Gasteiger partial charge < -0.3 is 14.6 Å². The Kier molecular flexibility index (Phi) is 8.71. The highest BCUT2D eigenvalue weighted by Crippen LogP contribution is 2.31. The molecule has 0 radical (unpaired) electrons. The molecule has 0 saturated carbocycles. The summed E-state index contributed by atoms with van der Waals surface area (Å²) >= 11 is 0. The molecule has 0 saturated heterocycles. The SMILES string of the molecule is C=C(c1ccccc1)c1cc(CC)ccc1OCCCOc1ccc(CCC(=O)O)c(C)c1. The molecule has 0 aliphatic carbocycles. The quantitative estimate of drug-likeness (QED) is 0.325. The molecule has 4 heteroatoms. The topological polar surface area (TPSA) is 55.8 Å². The van der Waals surface area contributed by atoms with E-state index in [2.05, 4.69) is 37.8 Å². The Balaban J connectivity index is 1.55. The number of carboxylic acid groups (broad SMARTS) is 1. The van der Waals surface area contributed by atoms with Gasteiger partial charge in [0, 0.05) is 18.4 Å². The van der Waals surface area contributed by atoms with E-state index in [1.807, 2.05) is 49.4 Å². The van der Waals surface area contributed by atoms with E-state index in [-0.39, 0.29) is 6.42 Å². The van der Waals surface area contributed by atoms with Crippen LogP contribution in [0.1, 0.15) is 47.6 Å². The molecule has 1 N–H and O–H groups in total. The highest BCUT2D eigenvalue weighted by atomic mass is 16.5. The first-order chi connectivity index (χ1) is 16.0. The van der Waals surface area contributed by atoms with E-state index in [9.17, 15) is 4.79 Å². The molecule has 0 heterocycles. The van der Waals surface area contributed by atoms with Crippen molar-refractivity contribution < 1.29 is 19.4 Å². The van der Waals surface area contributed by atoms with Gasteiger partial charge in [-0.15, -0.1) is 0 Å². The third kappa shape index (κ3) is 6.98. The second-order valence-electron chi connectivity index (χ2n) is 8.06. The minimum absolute atomic E-state index is 0.135. The van der Waals surface area contributed by atoms with Gasteiger partial charge in [-0.1, -0.05) is 56.0 Å². The Morgan fingerprint density at radius 1 is 0.970 bits per heavy atom. The van der Waals surface area contributed by atoms with E-state index in [0.717, 1.165) is 52.2 Å². The lowest BCUT2D eigenvalue weighted by Crippen LogP contribution is -2.07. The van der Waals surface area contributed by atoms with Gasteiger partial charge in [-0.2, -0.15) is 0 Å². The van der Waals surface area contributed by atoms with Crippen molar-refractivity contribution in [3.63, 3.8) is 0 Å². The van der Waals surface area contributed by atoms with Crippen molar-refractivity contribution in [2.45, 2.75) is 39.5 Å². The van der Waals surface area contributed by atoms with Crippen LogP contribution >= 0.6 is 0 Å². The highest BCUT2D eigenvalue weighted by Gasteiger charge is 2.11. The molecule has 3 aromatic rings. The molecule has 0 bridgehead atoms. The first-order valence-corrected chi connectivity index (χ1v) is 11.4. The number of carbonyl (C=O) groups is 1. The molecular weight excluding hydrogens is 412 g/mol. The average molecular weight is 445 g/mol. The molecule has 0 unspecified atom stereocenters. The number of carboxylic acids is 1. The minimum Gasteiger partial charge on any atom is -0.493 e. The second kappa shape index (κ2) is 11.9. The van der Waals surface area contributed by atoms with E-state index in [1.54, 1.807) is 0 Å². The van der Waals surface area contributed by atoms with Gasteiger partial charge in [-0.05, 0) is 71.9 Å². The maximum atomic E-state index is 10.8. The van der Waals surface area contributed by atoms with Crippen LogP contribution < -0.4 is 9.47 Å². The van der Waals surface area contributed by atoms with E-state index < -0.39 is 5.97 Å². The van der Waals surface area contributed by atoms with E-state index in [4.69, 9.17) is 14.6 Å². The molecular formula is C29H32O4. The summed E-state index contributed by atoms with van der Waals surface area (Å²) in [6.07, 6.45) is 2.36. The van der Waals surface area contributed by atoms with Crippen molar-refractivity contribution in [1.82, 2.24) is 0 Å². The molecule has 0 aliphatic rings. The first kappa shape index (κ1) is 24.1. The standard InChI is InChI=1S/C29H32O4/c1-4-23-11-15-28(27(20-23)22(3)25-9-6-5-7-10-25)33-18-8-17-32-26-14-12-24(21(2)19-26)13-16-29(30)31/h5-7,9-12,14-15,19-20H,3-4,8,13,16-18H2,1-2H3,(H,30,31). The van der Waals surface area contributed by atoms with Crippen LogP contribution in [0, 0.1) is 6.92 Å². The molecule has 0 amide bonds. The number of ether oxygens (including phenoxy) is 2. The summed E-state index contributed by atoms with van der Waals surface area (Å²) in [4.78, 5) is 10.8. The van der Waals surface area contributed by atoms with Gasteiger partial charge >= 0.3 is 5.97 Å². The zero-order valence-electron chi connectivity index (χ0n) is 19.5. The largest absolute Gasteiger partial charge is 0.493 e. The summed E-state index contributed by atoms with van der Waals surface area (Å²) in [5, 5.41) is 8.86. The van der Waals surface area contributed by atoms with Gasteiger partial charge in [0.2, 0.25) is 0 Å². The number of hydrogen-bond acceptors (Lipinski definition) is 3. The molecule has 172 valence electrons. The van der Waals surface area contributed by atoms with Crippen LogP contribution in [-0.2, 0) is 17.6 Å². The van der Waals surface area contributed by atoms with Crippen LogP contribution in [0.5, 0.6) is 11.5 Å². The van der Waals surface area contributed by atoms with E-state index >= 15 is 0 Å². The fourth-order valence-electron chi connectivity index (χ4n) is 3.66. The fraction of sp³-hybridized carbons (Fsp3) is 0.276. The van der Waals surface area contributed by atoms with Gasteiger partial charge in [0.25, 0.3) is 0 Å². The van der Waals surface area contributed by atoms with Crippen molar-refractivity contribution >= 4 is 11.5 Å². The van der Waals surface area contributed by atoms with Crippen molar-refractivity contribution in [3.05, 3.63) is 101 Å². The number of aliphatic carboxylic acids is 1. The number of aryl methyl sites for hydroxylation is 3. The molecule has 0 atom stereocenters. The summed E-state index contributed by atoms with van der Waals surface area (Å²) in [5.74, 6) is 0.839. The molecule has 0 aromatic heterocycles. The lowest BCUT2D eigenvalue weighted by atomic mass is 9.96. The Labute approximate surface area is 196 Å². The molecule has 0 aliphatic heterocycles. The number of hydrogen-bond donors (Lipinski definition) is 1. The van der Waals surface area contributed by atoms with Crippen LogP contribution in [0.3, 0.4) is 0 Å². The Bertz CT molecular complexity index is 1090. The minimum atomic E-state index is -0.783. The molecule has 33 heavy (non-hydrogen) atoms. The molecule has 3 rings (SSSR count). The summed E-state index contributed by atoms with van der Waals surface area (Å²) in [5.41, 5.74) is 6.39. The summed E-state index contributed by atoms with van der Waals surface area (Å²) in [6, 6.07) is 22.3. The van der Waals surface area contributed by atoms with Gasteiger partial charge in [-0.25, -0.2) is 0 Å². The lowest BCUT2D eigenvalue weighted by molar-refractivity contribution is -0.136. The zero-order valence-corrected chi connectivity index (χ0v) is 19.5. The monoisotopic (exact) mass is 444 g/mol. The molecule has 4 nitrogen and oxygen atoms in total. The summed E-state index contributed by atoms with van der Waals surface area (Å²) in [6.45, 7) is 9.51. The third-order valence-electron chi connectivity index (χ3n) is 5.64. The fourth-order valence-corrected chi connectivity index (χ4v) is 3.66. The van der Waals surface area contributed by atoms with Crippen molar-refractivity contribution in [1.29, 1.82) is 0 Å². The second-order valence-corrected chi connectivity index (χ2v) is 8.06. The van der Waals surface area contributed by atoms with Crippen LogP contribution in [-0.4, -0.2) is 24.3 Å². The summed E-state index contributed by atoms with van der Waals surface area (Å²) in [7, 11) is 0. The maximum absolute atomic E-state index is 10.8. The summed E-state index contributed by atoms with van der Waals surface area (Å²) < 4.78 is 12.0. The number of benzene rings is 3. The normalized spacial score (nSPS) is 10.6. The van der Waals surface area contributed by atoms with Crippen LogP contribution in [0.2, 0.25) is 0 Å². The zero-order chi connectivity index (χ0) is 23.6. The van der Waals surface area contributed by atoms with Crippen LogP contribution in [0.15, 0.2) is 73.3 Å². The highest BCUT2D eigenvalue weighted by molar-refractivity contribution is 5.81. The molecule has 0 spiro atoms. The average Bonchev–Trinajstić information content (AvgIpc) is 2.83. The van der Waals surface area contributed by atoms with Gasteiger partial charge in [-0.3, -0.25) is 4.79 Å². The van der Waals surface area contributed by atoms with Crippen LogP contribution in [0.25, 0.3) is 5.57 Å². The molecule has 0 fully saturated rings. The smallest absolute Gasteiger partial charge is 0.303 e. The van der Waals surface area contributed by atoms with Gasteiger partial charge in [0.15, 0.2) is 0 Å². The Morgan fingerprint density at radius 2 is 1.73 bits per heavy atom. The van der Waals surface area contributed by atoms with Gasteiger partial charge in [0.05, 0.1) is 13.2 Å². The Hall–Kier alpha value is -3.53. The van der Waals surface area contributed by atoms with Crippen molar-refractivity contribution in [2.24, 2.45) is 0 Å². The van der Waals surface area contributed by atoms with Gasteiger partial charge in [0.1, 0.15) is 11.5 Å². The predicted molar refractivity (Wildman–Crippen MR) is 133 cm³/mol. The first-order valence-electron chi connectivity index (χ1n) is 11.4. The predicted octanol–water partition coefficient (Wildman–Crippen LogP) is 6.48. The van der Waals surface area contributed by atoms with E-state index in [0.29, 0.717) is 19.6 Å². The van der Waals surface area contributed by atoms with E-state index in [1.165, 1.54) is 5.56 Å². The number of rotatable bonds is 12. The maximum Gasteiger partial charge on any atom is 0.303 e.